The molecule has 0 unspecified atom stereocenters. The van der Waals surface area contributed by atoms with Gasteiger partial charge in [-0.3, -0.25) is 4.68 Å². The number of aromatic nitrogens is 5. The van der Waals surface area contributed by atoms with Crippen LogP contribution in [0.15, 0.2) is 30.6 Å². The summed E-state index contributed by atoms with van der Waals surface area (Å²) in [7, 11) is 0. The summed E-state index contributed by atoms with van der Waals surface area (Å²) in [4.78, 5) is 7.71. The lowest BCUT2D eigenvalue weighted by atomic mass is 9.93. The molecule has 1 aliphatic heterocycles. The maximum Gasteiger partial charge on any atom is 0.242 e. The highest BCUT2D eigenvalue weighted by atomic mass is 15.4. The first-order valence-corrected chi connectivity index (χ1v) is 6.93. The standard InChI is InChI=1S/C14H14N8/c1-16-7-14(8-17-9-14)21-6-10(5-18-21)11-3-2-4-12-19-13(15)20-22(11)12/h2-6,17H,7-9H2,(H2,15,20). The highest BCUT2D eigenvalue weighted by Crippen LogP contribution is 2.26. The van der Waals surface area contributed by atoms with Gasteiger partial charge in [0.15, 0.2) is 11.2 Å². The van der Waals surface area contributed by atoms with Gasteiger partial charge >= 0.3 is 0 Å². The lowest BCUT2D eigenvalue weighted by Gasteiger charge is -2.38. The number of fused-ring (bicyclic) bond motifs is 1. The molecule has 1 fully saturated rings. The molecule has 8 heteroatoms. The summed E-state index contributed by atoms with van der Waals surface area (Å²) >= 11 is 0. The number of nitrogens with two attached hydrogens (primary N) is 1. The number of anilines is 1. The van der Waals surface area contributed by atoms with E-state index in [4.69, 9.17) is 12.3 Å². The van der Waals surface area contributed by atoms with E-state index < -0.39 is 0 Å². The number of nitrogens with one attached hydrogen (secondary N) is 1. The van der Waals surface area contributed by atoms with Crippen LogP contribution in [0, 0.1) is 6.57 Å². The van der Waals surface area contributed by atoms with E-state index in [0.29, 0.717) is 12.2 Å². The Bertz CT molecular complexity index is 880. The Balaban J connectivity index is 1.79. The van der Waals surface area contributed by atoms with Crippen LogP contribution in [-0.2, 0) is 5.54 Å². The van der Waals surface area contributed by atoms with Gasteiger partial charge in [-0.2, -0.15) is 10.1 Å². The summed E-state index contributed by atoms with van der Waals surface area (Å²) in [6.45, 7) is 9.09. The summed E-state index contributed by atoms with van der Waals surface area (Å²) in [5.41, 5.74) is 7.93. The highest BCUT2D eigenvalue weighted by molar-refractivity contribution is 5.62. The van der Waals surface area contributed by atoms with Gasteiger partial charge in [-0.15, -0.1) is 5.10 Å². The predicted molar refractivity (Wildman–Crippen MR) is 80.9 cm³/mol. The second kappa shape index (κ2) is 4.54. The van der Waals surface area contributed by atoms with Crippen molar-refractivity contribution in [2.75, 3.05) is 25.4 Å². The smallest absolute Gasteiger partial charge is 0.242 e. The molecule has 0 radical (unpaired) electrons. The number of hydrogen-bond acceptors (Lipinski definition) is 5. The van der Waals surface area contributed by atoms with Crippen LogP contribution in [0.25, 0.3) is 21.7 Å². The minimum atomic E-state index is -0.241. The fraction of sp³-hybridized carbons (Fsp3) is 0.286. The van der Waals surface area contributed by atoms with Gasteiger partial charge in [0.2, 0.25) is 12.5 Å². The van der Waals surface area contributed by atoms with E-state index in [1.54, 1.807) is 10.7 Å². The van der Waals surface area contributed by atoms with Gasteiger partial charge in [0.05, 0.1) is 11.9 Å². The molecule has 0 spiro atoms. The molecule has 3 N–H and O–H groups in total. The molecular formula is C14H14N8. The van der Waals surface area contributed by atoms with Crippen molar-refractivity contribution in [2.45, 2.75) is 5.54 Å². The Morgan fingerprint density at radius 3 is 3.00 bits per heavy atom. The van der Waals surface area contributed by atoms with E-state index in [0.717, 1.165) is 24.3 Å². The summed E-state index contributed by atoms with van der Waals surface area (Å²) in [5, 5.41) is 11.9. The van der Waals surface area contributed by atoms with Crippen LogP contribution in [0.1, 0.15) is 0 Å². The summed E-state index contributed by atoms with van der Waals surface area (Å²) < 4.78 is 3.59. The highest BCUT2D eigenvalue weighted by Gasteiger charge is 2.43. The van der Waals surface area contributed by atoms with Crippen LogP contribution in [-0.4, -0.2) is 44.0 Å². The van der Waals surface area contributed by atoms with E-state index in [9.17, 15) is 0 Å². The van der Waals surface area contributed by atoms with Crippen LogP contribution >= 0.6 is 0 Å². The van der Waals surface area contributed by atoms with Crippen molar-refractivity contribution >= 4 is 11.6 Å². The largest absolute Gasteiger partial charge is 0.366 e. The van der Waals surface area contributed by atoms with E-state index in [2.05, 4.69) is 25.3 Å². The first-order valence-electron chi connectivity index (χ1n) is 6.93. The van der Waals surface area contributed by atoms with Gasteiger partial charge in [-0.25, -0.2) is 11.1 Å². The zero-order valence-electron chi connectivity index (χ0n) is 11.8. The quantitative estimate of drug-likeness (QED) is 0.682. The van der Waals surface area contributed by atoms with E-state index in [-0.39, 0.29) is 11.5 Å². The zero-order chi connectivity index (χ0) is 15.2. The first-order chi connectivity index (χ1) is 10.7. The molecule has 1 aliphatic rings. The molecule has 8 nitrogen and oxygen atoms in total. The fourth-order valence-electron chi connectivity index (χ4n) is 2.76. The minimum absolute atomic E-state index is 0.241. The molecular weight excluding hydrogens is 280 g/mol. The van der Waals surface area contributed by atoms with Gasteiger partial charge in [-0.05, 0) is 12.1 Å². The van der Waals surface area contributed by atoms with Crippen molar-refractivity contribution in [3.05, 3.63) is 42.0 Å². The van der Waals surface area contributed by atoms with E-state index in [1.165, 1.54) is 0 Å². The summed E-state index contributed by atoms with van der Waals surface area (Å²) in [5.74, 6) is 0.243. The summed E-state index contributed by atoms with van der Waals surface area (Å²) in [6, 6.07) is 5.71. The predicted octanol–water partition coefficient (Wildman–Crippen LogP) is 0.393. The number of nitrogens with zero attached hydrogens (tertiary/aromatic N) is 6. The molecule has 0 aliphatic carbocycles. The average Bonchev–Trinajstić information content (AvgIpc) is 3.07. The lowest BCUT2D eigenvalue weighted by Crippen LogP contribution is -2.62. The molecule has 3 aromatic rings. The molecule has 0 atom stereocenters. The Hall–Kier alpha value is -2.92. The van der Waals surface area contributed by atoms with Gasteiger partial charge in [0, 0.05) is 24.8 Å². The molecule has 1 saturated heterocycles. The SMILES string of the molecule is [C-]#[N+]CC1(n2cc(-c3cccc4nc(N)nn34)cn2)CNC1. The molecule has 4 heterocycles. The topological polar surface area (TPSA) is 90.4 Å². The van der Waals surface area contributed by atoms with E-state index in [1.807, 2.05) is 29.1 Å². The molecule has 22 heavy (non-hydrogen) atoms. The summed E-state index contributed by atoms with van der Waals surface area (Å²) in [6.07, 6.45) is 3.75. The third-order valence-corrected chi connectivity index (χ3v) is 4.02. The minimum Gasteiger partial charge on any atom is -0.366 e. The molecule has 0 bridgehead atoms. The maximum atomic E-state index is 7.15. The van der Waals surface area contributed by atoms with Crippen LogP contribution in [0.2, 0.25) is 0 Å². The molecule has 4 rings (SSSR count). The molecule has 0 amide bonds. The van der Waals surface area contributed by atoms with Crippen molar-refractivity contribution in [1.82, 2.24) is 29.7 Å². The first kappa shape index (κ1) is 12.8. The second-order valence-corrected chi connectivity index (χ2v) is 5.47. The van der Waals surface area contributed by atoms with Crippen LogP contribution < -0.4 is 11.1 Å². The second-order valence-electron chi connectivity index (χ2n) is 5.47. The number of nitrogen functional groups attached to an aromatic ring is 1. The van der Waals surface area contributed by atoms with E-state index >= 15 is 0 Å². The van der Waals surface area contributed by atoms with Crippen molar-refractivity contribution in [3.63, 3.8) is 0 Å². The number of pyridine rings is 1. The van der Waals surface area contributed by atoms with Crippen molar-refractivity contribution in [1.29, 1.82) is 0 Å². The monoisotopic (exact) mass is 294 g/mol. The van der Waals surface area contributed by atoms with Crippen molar-refractivity contribution in [3.8, 4) is 11.3 Å². The Morgan fingerprint density at radius 2 is 2.27 bits per heavy atom. The van der Waals surface area contributed by atoms with Crippen molar-refractivity contribution in [2.24, 2.45) is 0 Å². The molecule has 3 aromatic heterocycles. The van der Waals surface area contributed by atoms with Gasteiger partial charge < -0.3 is 15.9 Å². The lowest BCUT2D eigenvalue weighted by molar-refractivity contribution is 0.175. The van der Waals surface area contributed by atoms with Gasteiger partial charge in [0.25, 0.3) is 0 Å². The normalized spacial score (nSPS) is 16.3. The number of rotatable bonds is 3. The third-order valence-electron chi connectivity index (χ3n) is 4.02. The maximum absolute atomic E-state index is 7.15. The average molecular weight is 294 g/mol. The molecule has 0 saturated carbocycles. The Morgan fingerprint density at radius 1 is 1.41 bits per heavy atom. The van der Waals surface area contributed by atoms with Crippen LogP contribution in [0.5, 0.6) is 0 Å². The number of hydrogen-bond donors (Lipinski definition) is 2. The van der Waals surface area contributed by atoms with Gasteiger partial charge in [-0.1, -0.05) is 6.07 Å². The fourth-order valence-corrected chi connectivity index (χ4v) is 2.76. The molecule has 0 aromatic carbocycles. The third kappa shape index (κ3) is 1.76. The zero-order valence-corrected chi connectivity index (χ0v) is 11.8. The van der Waals surface area contributed by atoms with Crippen LogP contribution in [0.4, 0.5) is 5.95 Å². The Labute approximate surface area is 126 Å². The molecule has 110 valence electrons. The van der Waals surface area contributed by atoms with Crippen LogP contribution in [0.3, 0.4) is 0 Å². The van der Waals surface area contributed by atoms with Gasteiger partial charge in [0.1, 0.15) is 0 Å². The van der Waals surface area contributed by atoms with Crippen molar-refractivity contribution < 1.29 is 0 Å². The Kier molecular flexibility index (Phi) is 2.64.